The van der Waals surface area contributed by atoms with E-state index in [-0.39, 0.29) is 23.2 Å². The van der Waals surface area contributed by atoms with Crippen molar-refractivity contribution in [1.29, 1.82) is 0 Å². The van der Waals surface area contributed by atoms with Gasteiger partial charge in [-0.1, -0.05) is 0 Å². The standard InChI is InChI=1S/C11H13FO4/c1-6(2)16-10-8(11(13)14)4-7(12)5-9(10)15-3/h4-6H,1-3H3,(H,13,14). The molecule has 1 rings (SSSR count). The SMILES string of the molecule is COc1cc(F)cc(C(=O)O)c1OC(C)C. The van der Waals surface area contributed by atoms with E-state index in [0.717, 1.165) is 12.1 Å². The highest BCUT2D eigenvalue weighted by Crippen LogP contribution is 2.33. The minimum Gasteiger partial charge on any atom is -0.493 e. The van der Waals surface area contributed by atoms with Crippen LogP contribution in [-0.4, -0.2) is 24.3 Å². The number of benzene rings is 1. The van der Waals surface area contributed by atoms with Crippen LogP contribution in [0.5, 0.6) is 11.5 Å². The molecule has 0 amide bonds. The van der Waals surface area contributed by atoms with Gasteiger partial charge in [-0.15, -0.1) is 0 Å². The molecule has 0 saturated carbocycles. The molecule has 0 unspecified atom stereocenters. The zero-order valence-electron chi connectivity index (χ0n) is 9.28. The molecule has 5 heteroatoms. The molecule has 0 bridgehead atoms. The van der Waals surface area contributed by atoms with Crippen LogP contribution < -0.4 is 9.47 Å². The van der Waals surface area contributed by atoms with Crippen LogP contribution >= 0.6 is 0 Å². The number of carboxylic acids is 1. The lowest BCUT2D eigenvalue weighted by Crippen LogP contribution is -2.11. The van der Waals surface area contributed by atoms with Crippen molar-refractivity contribution in [2.75, 3.05) is 7.11 Å². The monoisotopic (exact) mass is 228 g/mol. The smallest absolute Gasteiger partial charge is 0.339 e. The third-order valence-electron chi connectivity index (χ3n) is 1.82. The number of rotatable bonds is 4. The average molecular weight is 228 g/mol. The van der Waals surface area contributed by atoms with Crippen molar-refractivity contribution in [2.45, 2.75) is 20.0 Å². The fourth-order valence-electron chi connectivity index (χ4n) is 1.24. The van der Waals surface area contributed by atoms with Gasteiger partial charge in [-0.25, -0.2) is 9.18 Å². The molecule has 0 atom stereocenters. The highest BCUT2D eigenvalue weighted by atomic mass is 19.1. The molecule has 16 heavy (non-hydrogen) atoms. The summed E-state index contributed by atoms with van der Waals surface area (Å²) in [4.78, 5) is 10.9. The Bertz CT molecular complexity index is 401. The number of hydrogen-bond donors (Lipinski definition) is 1. The number of carbonyl (C=O) groups is 1. The predicted octanol–water partition coefficient (Wildman–Crippen LogP) is 2.32. The van der Waals surface area contributed by atoms with Crippen LogP contribution in [0, 0.1) is 5.82 Å². The van der Waals surface area contributed by atoms with E-state index in [1.165, 1.54) is 7.11 Å². The molecule has 0 aromatic heterocycles. The zero-order valence-corrected chi connectivity index (χ0v) is 9.28. The van der Waals surface area contributed by atoms with E-state index in [2.05, 4.69) is 0 Å². The van der Waals surface area contributed by atoms with Crippen LogP contribution in [0.1, 0.15) is 24.2 Å². The van der Waals surface area contributed by atoms with Crippen molar-refractivity contribution in [2.24, 2.45) is 0 Å². The molecule has 0 spiro atoms. The molecule has 0 aliphatic carbocycles. The van der Waals surface area contributed by atoms with Gasteiger partial charge in [0, 0.05) is 6.07 Å². The maximum atomic E-state index is 13.1. The Morgan fingerprint density at radius 1 is 1.44 bits per heavy atom. The summed E-state index contributed by atoms with van der Waals surface area (Å²) in [6, 6.07) is 1.99. The van der Waals surface area contributed by atoms with Gasteiger partial charge in [0.15, 0.2) is 11.5 Å². The lowest BCUT2D eigenvalue weighted by atomic mass is 10.1. The minimum absolute atomic E-state index is 0.0476. The normalized spacial score (nSPS) is 10.3. The molecule has 0 aliphatic heterocycles. The maximum absolute atomic E-state index is 13.1. The quantitative estimate of drug-likeness (QED) is 0.859. The van der Waals surface area contributed by atoms with Crippen LogP contribution in [0.15, 0.2) is 12.1 Å². The number of methoxy groups -OCH3 is 1. The molecular weight excluding hydrogens is 215 g/mol. The second kappa shape index (κ2) is 4.83. The summed E-state index contributed by atoms with van der Waals surface area (Å²) < 4.78 is 23.3. The molecule has 0 fully saturated rings. The van der Waals surface area contributed by atoms with E-state index >= 15 is 0 Å². The Morgan fingerprint density at radius 3 is 2.50 bits per heavy atom. The molecule has 0 aliphatic rings. The first-order valence-corrected chi connectivity index (χ1v) is 4.73. The van der Waals surface area contributed by atoms with Crippen LogP contribution in [-0.2, 0) is 0 Å². The first-order chi connectivity index (χ1) is 7.45. The highest BCUT2D eigenvalue weighted by Gasteiger charge is 2.19. The molecule has 0 saturated heterocycles. The van der Waals surface area contributed by atoms with Gasteiger partial charge in [-0.2, -0.15) is 0 Å². The molecule has 0 radical (unpaired) electrons. The Morgan fingerprint density at radius 2 is 2.06 bits per heavy atom. The lowest BCUT2D eigenvalue weighted by Gasteiger charge is -2.15. The van der Waals surface area contributed by atoms with E-state index < -0.39 is 11.8 Å². The number of ether oxygens (including phenoxy) is 2. The zero-order chi connectivity index (χ0) is 12.3. The fourth-order valence-corrected chi connectivity index (χ4v) is 1.24. The number of carboxylic acid groups (broad SMARTS) is 1. The molecule has 0 heterocycles. The average Bonchev–Trinajstić information content (AvgIpc) is 2.19. The summed E-state index contributed by atoms with van der Waals surface area (Å²) in [6.45, 7) is 3.49. The van der Waals surface area contributed by atoms with Crippen molar-refractivity contribution < 1.29 is 23.8 Å². The van der Waals surface area contributed by atoms with E-state index in [4.69, 9.17) is 14.6 Å². The van der Waals surface area contributed by atoms with Crippen molar-refractivity contribution in [1.82, 2.24) is 0 Å². The first kappa shape index (κ1) is 12.3. The predicted molar refractivity (Wildman–Crippen MR) is 55.7 cm³/mol. The van der Waals surface area contributed by atoms with Gasteiger partial charge < -0.3 is 14.6 Å². The third-order valence-corrected chi connectivity index (χ3v) is 1.82. The molecule has 1 aromatic carbocycles. The van der Waals surface area contributed by atoms with E-state index in [0.29, 0.717) is 0 Å². The topological polar surface area (TPSA) is 55.8 Å². The third kappa shape index (κ3) is 2.62. The highest BCUT2D eigenvalue weighted by molar-refractivity contribution is 5.92. The van der Waals surface area contributed by atoms with Gasteiger partial charge in [0.1, 0.15) is 11.4 Å². The Labute approximate surface area is 92.6 Å². The van der Waals surface area contributed by atoms with Crippen LogP contribution in [0.4, 0.5) is 4.39 Å². The Kier molecular flexibility index (Phi) is 3.71. The van der Waals surface area contributed by atoms with Crippen molar-refractivity contribution >= 4 is 5.97 Å². The molecule has 4 nitrogen and oxygen atoms in total. The summed E-state index contributed by atoms with van der Waals surface area (Å²) in [5, 5.41) is 8.92. The molecular formula is C11H13FO4. The Hall–Kier alpha value is -1.78. The number of aromatic carboxylic acids is 1. The first-order valence-electron chi connectivity index (χ1n) is 4.73. The van der Waals surface area contributed by atoms with Crippen molar-refractivity contribution in [3.63, 3.8) is 0 Å². The van der Waals surface area contributed by atoms with Gasteiger partial charge in [0.2, 0.25) is 0 Å². The summed E-state index contributed by atoms with van der Waals surface area (Å²) in [5.74, 6) is -1.81. The van der Waals surface area contributed by atoms with E-state index in [1.807, 2.05) is 0 Å². The van der Waals surface area contributed by atoms with Gasteiger partial charge in [-0.3, -0.25) is 0 Å². The second-order valence-corrected chi connectivity index (χ2v) is 3.46. The summed E-state index contributed by atoms with van der Waals surface area (Å²) in [7, 11) is 1.33. The van der Waals surface area contributed by atoms with Gasteiger partial charge in [-0.05, 0) is 19.9 Å². The molecule has 88 valence electrons. The van der Waals surface area contributed by atoms with Gasteiger partial charge in [0.25, 0.3) is 0 Å². The summed E-state index contributed by atoms with van der Waals surface area (Å²) >= 11 is 0. The minimum atomic E-state index is -1.26. The van der Waals surface area contributed by atoms with Gasteiger partial charge in [0.05, 0.1) is 13.2 Å². The van der Waals surface area contributed by atoms with Crippen LogP contribution in [0.2, 0.25) is 0 Å². The molecule has 1 aromatic rings. The lowest BCUT2D eigenvalue weighted by molar-refractivity contribution is 0.0688. The van der Waals surface area contributed by atoms with E-state index in [9.17, 15) is 9.18 Å². The summed E-state index contributed by atoms with van der Waals surface area (Å²) in [5.41, 5.74) is -0.245. The number of halogens is 1. The Balaban J connectivity index is 3.33. The van der Waals surface area contributed by atoms with E-state index in [1.54, 1.807) is 13.8 Å². The largest absolute Gasteiger partial charge is 0.493 e. The second-order valence-electron chi connectivity index (χ2n) is 3.46. The summed E-state index contributed by atoms with van der Waals surface area (Å²) in [6.07, 6.45) is -0.225. The fraction of sp³-hybridized carbons (Fsp3) is 0.364. The van der Waals surface area contributed by atoms with Crippen LogP contribution in [0.25, 0.3) is 0 Å². The maximum Gasteiger partial charge on any atom is 0.339 e. The number of hydrogen-bond acceptors (Lipinski definition) is 3. The van der Waals surface area contributed by atoms with Crippen molar-refractivity contribution in [3.05, 3.63) is 23.5 Å². The molecule has 1 N–H and O–H groups in total. The van der Waals surface area contributed by atoms with Crippen molar-refractivity contribution in [3.8, 4) is 11.5 Å². The van der Waals surface area contributed by atoms with Gasteiger partial charge >= 0.3 is 5.97 Å². The van der Waals surface area contributed by atoms with Crippen LogP contribution in [0.3, 0.4) is 0 Å².